The van der Waals surface area contributed by atoms with E-state index in [0.29, 0.717) is 0 Å². The number of nitrogens with zero attached hydrogens (tertiary/aromatic N) is 3. The molecule has 0 spiro atoms. The van der Waals surface area contributed by atoms with Crippen LogP contribution < -0.4 is 4.90 Å². The zero-order chi connectivity index (χ0) is 47.2. The number of fused-ring (bicyclic) bond motifs is 12. The second kappa shape index (κ2) is 14.6. The van der Waals surface area contributed by atoms with Crippen LogP contribution in [0.15, 0.2) is 247 Å². The molecule has 4 heterocycles. The Hall–Kier alpha value is -9.38. The van der Waals surface area contributed by atoms with E-state index < -0.39 is 5.41 Å². The number of furan rings is 1. The lowest BCUT2D eigenvalue weighted by molar-refractivity contribution is 0.669. The van der Waals surface area contributed by atoms with Crippen LogP contribution >= 0.6 is 0 Å². The summed E-state index contributed by atoms with van der Waals surface area (Å²) in [4.78, 5) is 2.54. The van der Waals surface area contributed by atoms with Crippen LogP contribution in [-0.4, -0.2) is 9.13 Å². The van der Waals surface area contributed by atoms with Crippen LogP contribution in [0.2, 0.25) is 0 Å². The van der Waals surface area contributed by atoms with Crippen molar-refractivity contribution in [3.8, 4) is 44.8 Å². The molecule has 336 valence electrons. The quantitative estimate of drug-likeness (QED) is 0.166. The number of hydrogen-bond acceptors (Lipinski definition) is 2. The fourth-order valence-corrected chi connectivity index (χ4v) is 12.9. The lowest BCUT2D eigenvalue weighted by Gasteiger charge is -2.35. The van der Waals surface area contributed by atoms with Crippen LogP contribution in [-0.2, 0) is 5.41 Å². The largest absolute Gasteiger partial charge is 0.456 e. The van der Waals surface area contributed by atoms with Crippen molar-refractivity contribution in [2.45, 2.75) is 12.3 Å². The average molecular weight is 918 g/mol. The van der Waals surface area contributed by atoms with Gasteiger partial charge in [0.2, 0.25) is 0 Å². The molecule has 0 bridgehead atoms. The summed E-state index contributed by atoms with van der Waals surface area (Å²) in [6.07, 6.45) is 0. The summed E-state index contributed by atoms with van der Waals surface area (Å²) in [6, 6.07) is 89.6. The van der Waals surface area contributed by atoms with E-state index in [1.54, 1.807) is 0 Å². The molecule has 0 amide bonds. The molecular formula is C68H43N3O. The molecular weight excluding hydrogens is 875 g/mol. The van der Waals surface area contributed by atoms with E-state index in [1.165, 1.54) is 93.9 Å². The third-order valence-corrected chi connectivity index (χ3v) is 16.1. The van der Waals surface area contributed by atoms with Gasteiger partial charge in [0.15, 0.2) is 0 Å². The van der Waals surface area contributed by atoms with E-state index in [-0.39, 0.29) is 0 Å². The molecule has 2 aliphatic rings. The molecule has 11 aromatic carbocycles. The van der Waals surface area contributed by atoms with Gasteiger partial charge in [0.25, 0.3) is 0 Å². The SMILES string of the molecule is CC1(c2ccc(-c3ccccc3)cc2)c2ccc3c4ccccc4n4c3c2-c2c(ccc(N(c3ccc5oc6ccccc6c5c3)c3ccc5c6ccccc6n(-c6ccccc6)c5c3)c21)-c1ccccc1-4. The van der Waals surface area contributed by atoms with Gasteiger partial charge in [-0.05, 0) is 119 Å². The molecule has 4 heteroatoms. The van der Waals surface area contributed by atoms with E-state index in [0.717, 1.165) is 50.2 Å². The molecule has 1 aliphatic carbocycles. The average Bonchev–Trinajstić information content (AvgIpc) is 4.15. The van der Waals surface area contributed by atoms with Gasteiger partial charge in [0, 0.05) is 65.9 Å². The third-order valence-electron chi connectivity index (χ3n) is 16.1. The van der Waals surface area contributed by atoms with Crippen molar-refractivity contribution in [1.82, 2.24) is 9.13 Å². The van der Waals surface area contributed by atoms with Crippen LogP contribution in [0.25, 0.3) is 110 Å². The minimum Gasteiger partial charge on any atom is -0.456 e. The Labute approximate surface area is 415 Å². The number of benzene rings is 11. The molecule has 16 rings (SSSR count). The maximum Gasteiger partial charge on any atom is 0.135 e. The first-order valence-corrected chi connectivity index (χ1v) is 24.9. The van der Waals surface area contributed by atoms with Gasteiger partial charge in [-0.3, -0.25) is 0 Å². The molecule has 0 N–H and O–H groups in total. The summed E-state index contributed by atoms with van der Waals surface area (Å²) in [5.74, 6) is 0. The van der Waals surface area contributed by atoms with E-state index in [4.69, 9.17) is 4.42 Å². The Balaban J connectivity index is 1.05. The standard InChI is InChI=1S/C68H43N3O/c1-68(44-30-28-43(29-31-44)42-16-4-2-5-17-42)56-37-35-54-50-22-10-14-26-59(50)71-58-25-13-9-21-49(58)53-36-38-60(66(68)64(53)65(56)67(54)71)69(46-33-39-63-55(40-46)52-23-11-15-27-62(52)72-63)47-32-34-51-48-20-8-12-24-57(48)70(61(51)41-47)45-18-6-3-7-19-45/h2-41H,1H3. The van der Waals surface area contributed by atoms with Crippen molar-refractivity contribution in [1.29, 1.82) is 0 Å². The summed E-state index contributed by atoms with van der Waals surface area (Å²) in [5, 5.41) is 7.15. The Bertz CT molecular complexity index is 4580. The minimum absolute atomic E-state index is 0.597. The lowest BCUT2D eigenvalue weighted by Crippen LogP contribution is -2.26. The topological polar surface area (TPSA) is 26.2 Å². The molecule has 14 aromatic rings. The smallest absolute Gasteiger partial charge is 0.135 e. The highest BCUT2D eigenvalue weighted by molar-refractivity contribution is 6.20. The molecule has 72 heavy (non-hydrogen) atoms. The van der Waals surface area contributed by atoms with E-state index in [9.17, 15) is 0 Å². The number of hydrogen-bond donors (Lipinski definition) is 0. The number of para-hydroxylation sites is 5. The molecule has 1 unspecified atom stereocenters. The van der Waals surface area contributed by atoms with Crippen LogP contribution in [0.3, 0.4) is 0 Å². The van der Waals surface area contributed by atoms with E-state index in [1.807, 2.05) is 0 Å². The van der Waals surface area contributed by atoms with Gasteiger partial charge in [0.1, 0.15) is 11.2 Å². The van der Waals surface area contributed by atoms with Gasteiger partial charge < -0.3 is 18.5 Å². The van der Waals surface area contributed by atoms with Crippen molar-refractivity contribution in [2.24, 2.45) is 0 Å². The highest BCUT2D eigenvalue weighted by Crippen LogP contribution is 2.63. The summed E-state index contributed by atoms with van der Waals surface area (Å²) in [5.41, 5.74) is 22.8. The van der Waals surface area contributed by atoms with Gasteiger partial charge >= 0.3 is 0 Å². The van der Waals surface area contributed by atoms with Crippen molar-refractivity contribution >= 4 is 82.6 Å². The molecule has 1 atom stereocenters. The molecule has 1 aliphatic heterocycles. The normalized spacial score (nSPS) is 14.5. The molecule has 3 aromatic heterocycles. The summed E-state index contributed by atoms with van der Waals surface area (Å²) >= 11 is 0. The van der Waals surface area contributed by atoms with Gasteiger partial charge in [-0.15, -0.1) is 0 Å². The fourth-order valence-electron chi connectivity index (χ4n) is 12.9. The van der Waals surface area contributed by atoms with Crippen molar-refractivity contribution in [3.63, 3.8) is 0 Å². The zero-order valence-electron chi connectivity index (χ0n) is 39.3. The maximum absolute atomic E-state index is 6.51. The van der Waals surface area contributed by atoms with Crippen molar-refractivity contribution in [3.05, 3.63) is 259 Å². The Morgan fingerprint density at radius 1 is 0.403 bits per heavy atom. The Kier molecular flexibility index (Phi) is 7.99. The van der Waals surface area contributed by atoms with Crippen LogP contribution in [0.4, 0.5) is 17.1 Å². The van der Waals surface area contributed by atoms with E-state index >= 15 is 0 Å². The Morgan fingerprint density at radius 2 is 1.01 bits per heavy atom. The number of aromatic nitrogens is 2. The second-order valence-electron chi connectivity index (χ2n) is 19.7. The Morgan fingerprint density at radius 3 is 1.83 bits per heavy atom. The second-order valence-corrected chi connectivity index (χ2v) is 19.7. The van der Waals surface area contributed by atoms with Crippen LogP contribution in [0.5, 0.6) is 0 Å². The van der Waals surface area contributed by atoms with Gasteiger partial charge in [0.05, 0.1) is 33.4 Å². The monoisotopic (exact) mass is 917 g/mol. The van der Waals surface area contributed by atoms with Gasteiger partial charge in [-0.25, -0.2) is 0 Å². The molecule has 0 saturated carbocycles. The van der Waals surface area contributed by atoms with Crippen molar-refractivity contribution < 1.29 is 4.42 Å². The molecule has 0 radical (unpaired) electrons. The highest BCUT2D eigenvalue weighted by atomic mass is 16.3. The lowest BCUT2D eigenvalue weighted by atomic mass is 9.72. The number of rotatable bonds is 6. The van der Waals surface area contributed by atoms with Gasteiger partial charge in [-0.1, -0.05) is 170 Å². The summed E-state index contributed by atoms with van der Waals surface area (Å²) < 4.78 is 11.5. The van der Waals surface area contributed by atoms with E-state index in [2.05, 4.69) is 264 Å². The van der Waals surface area contributed by atoms with Crippen LogP contribution in [0.1, 0.15) is 23.6 Å². The third kappa shape index (κ3) is 5.25. The van der Waals surface area contributed by atoms with Gasteiger partial charge in [-0.2, -0.15) is 0 Å². The van der Waals surface area contributed by atoms with Crippen LogP contribution in [0, 0.1) is 0 Å². The molecule has 0 fully saturated rings. The van der Waals surface area contributed by atoms with Crippen molar-refractivity contribution in [2.75, 3.05) is 4.90 Å². The number of anilines is 3. The summed E-state index contributed by atoms with van der Waals surface area (Å²) in [7, 11) is 0. The predicted molar refractivity (Wildman–Crippen MR) is 299 cm³/mol. The first kappa shape index (κ1) is 39.5. The highest BCUT2D eigenvalue weighted by Gasteiger charge is 2.47. The first-order chi connectivity index (χ1) is 35.6. The fraction of sp³-hybridized carbons (Fsp3) is 0.0294. The first-order valence-electron chi connectivity index (χ1n) is 24.9. The maximum atomic E-state index is 6.51. The summed E-state index contributed by atoms with van der Waals surface area (Å²) in [6.45, 7) is 2.48. The molecule has 4 nitrogen and oxygen atoms in total. The minimum atomic E-state index is -0.597. The predicted octanol–water partition coefficient (Wildman–Crippen LogP) is 18.2. The zero-order valence-corrected chi connectivity index (χ0v) is 39.3. The molecule has 0 saturated heterocycles.